The molecule has 7 heteroatoms. The summed E-state index contributed by atoms with van der Waals surface area (Å²) >= 11 is 0. The lowest BCUT2D eigenvalue weighted by molar-refractivity contribution is 0.102. The summed E-state index contributed by atoms with van der Waals surface area (Å²) in [6.07, 6.45) is 5.57. The maximum Gasteiger partial charge on any atom is 0.257 e. The highest BCUT2D eigenvalue weighted by Gasteiger charge is 2.07. The van der Waals surface area contributed by atoms with Crippen LogP contribution in [0, 0.1) is 0 Å². The largest absolute Gasteiger partial charge is 0.493 e. The molecule has 1 amide bonds. The number of hydrogen-bond acceptors (Lipinski definition) is 6. The average molecular weight is 378 g/mol. The lowest BCUT2D eigenvalue weighted by Crippen LogP contribution is -2.12. The van der Waals surface area contributed by atoms with E-state index in [0.29, 0.717) is 29.3 Å². The Bertz CT molecular complexity index is 915. The quantitative estimate of drug-likeness (QED) is 0.625. The van der Waals surface area contributed by atoms with Crippen molar-refractivity contribution < 1.29 is 14.3 Å². The molecule has 0 saturated carbocycles. The molecule has 28 heavy (non-hydrogen) atoms. The van der Waals surface area contributed by atoms with Gasteiger partial charge in [-0.2, -0.15) is 0 Å². The molecule has 3 aromatic rings. The summed E-state index contributed by atoms with van der Waals surface area (Å²) in [5, 5.41) is 6.06. The molecular formula is C21H22N4O3. The van der Waals surface area contributed by atoms with Crippen molar-refractivity contribution in [1.29, 1.82) is 0 Å². The van der Waals surface area contributed by atoms with Gasteiger partial charge in [0.05, 0.1) is 31.7 Å². The number of methoxy groups -OCH3 is 2. The Morgan fingerprint density at radius 2 is 1.89 bits per heavy atom. The first kappa shape index (κ1) is 19.2. The number of anilines is 2. The smallest absolute Gasteiger partial charge is 0.257 e. The molecule has 0 aliphatic carbocycles. The Morgan fingerprint density at radius 3 is 2.57 bits per heavy atom. The van der Waals surface area contributed by atoms with Gasteiger partial charge in [-0.05, 0) is 48.4 Å². The minimum atomic E-state index is -0.218. The normalized spacial score (nSPS) is 10.2. The first-order valence-electron chi connectivity index (χ1n) is 8.82. The summed E-state index contributed by atoms with van der Waals surface area (Å²) in [5.41, 5.74) is 2.25. The molecule has 0 aliphatic rings. The molecule has 0 spiro atoms. The molecule has 0 saturated heterocycles. The van der Waals surface area contributed by atoms with Crippen molar-refractivity contribution in [2.24, 2.45) is 0 Å². The van der Waals surface area contributed by atoms with Crippen LogP contribution in [0.2, 0.25) is 0 Å². The van der Waals surface area contributed by atoms with Gasteiger partial charge in [-0.25, -0.2) is 4.98 Å². The van der Waals surface area contributed by atoms with Gasteiger partial charge in [0.2, 0.25) is 0 Å². The highest BCUT2D eigenvalue weighted by atomic mass is 16.5. The second-order valence-corrected chi connectivity index (χ2v) is 5.99. The number of ether oxygens (including phenoxy) is 2. The molecule has 0 aliphatic heterocycles. The van der Waals surface area contributed by atoms with E-state index >= 15 is 0 Å². The van der Waals surface area contributed by atoms with Crippen LogP contribution in [0.4, 0.5) is 11.5 Å². The summed E-state index contributed by atoms with van der Waals surface area (Å²) in [6.45, 7) is 0.712. The molecular weight excluding hydrogens is 356 g/mol. The zero-order valence-electron chi connectivity index (χ0n) is 15.8. The van der Waals surface area contributed by atoms with Crippen molar-refractivity contribution in [1.82, 2.24) is 9.97 Å². The Hall–Kier alpha value is -3.61. The predicted molar refractivity (Wildman–Crippen MR) is 108 cm³/mol. The molecule has 144 valence electrons. The number of carbonyl (C=O) groups excluding carboxylic acids is 1. The van der Waals surface area contributed by atoms with Crippen LogP contribution in [0.5, 0.6) is 11.5 Å². The summed E-state index contributed by atoms with van der Waals surface area (Å²) in [4.78, 5) is 20.4. The lowest BCUT2D eigenvalue weighted by Gasteiger charge is -2.10. The molecule has 0 atom stereocenters. The number of aromatic nitrogens is 2. The second kappa shape index (κ2) is 9.36. The summed E-state index contributed by atoms with van der Waals surface area (Å²) < 4.78 is 10.6. The molecule has 0 unspecified atom stereocenters. The number of nitrogens with zero attached hydrogens (tertiary/aromatic N) is 2. The van der Waals surface area contributed by atoms with Crippen LogP contribution < -0.4 is 20.1 Å². The molecule has 2 heterocycles. The van der Waals surface area contributed by atoms with Gasteiger partial charge in [-0.15, -0.1) is 0 Å². The minimum absolute atomic E-state index is 0.218. The summed E-state index contributed by atoms with van der Waals surface area (Å²) in [7, 11) is 3.24. The van der Waals surface area contributed by atoms with Crippen molar-refractivity contribution in [2.75, 3.05) is 31.4 Å². The average Bonchev–Trinajstić information content (AvgIpc) is 2.75. The van der Waals surface area contributed by atoms with E-state index in [9.17, 15) is 4.79 Å². The summed E-state index contributed by atoms with van der Waals surface area (Å²) in [5.74, 6) is 1.94. The first-order valence-corrected chi connectivity index (χ1v) is 8.82. The van der Waals surface area contributed by atoms with E-state index in [-0.39, 0.29) is 5.91 Å². The fourth-order valence-corrected chi connectivity index (χ4v) is 2.64. The van der Waals surface area contributed by atoms with E-state index < -0.39 is 0 Å². The van der Waals surface area contributed by atoms with Crippen LogP contribution in [-0.2, 0) is 6.42 Å². The lowest BCUT2D eigenvalue weighted by atomic mass is 10.1. The van der Waals surface area contributed by atoms with Crippen LogP contribution in [0.1, 0.15) is 15.9 Å². The predicted octanol–water partition coefficient (Wildman–Crippen LogP) is 3.40. The van der Waals surface area contributed by atoms with E-state index in [4.69, 9.17) is 9.47 Å². The summed E-state index contributed by atoms with van der Waals surface area (Å²) in [6, 6.07) is 12.9. The van der Waals surface area contributed by atoms with Crippen molar-refractivity contribution in [3.63, 3.8) is 0 Å². The molecule has 1 aromatic carbocycles. The van der Waals surface area contributed by atoms with Gasteiger partial charge in [0.25, 0.3) is 5.91 Å². The van der Waals surface area contributed by atoms with Gasteiger partial charge in [0.1, 0.15) is 5.82 Å². The third-order valence-electron chi connectivity index (χ3n) is 4.11. The SMILES string of the molecule is COc1ccc(CCNc2ccc(NC(=O)c3cccnc3)cn2)cc1OC. The van der Waals surface area contributed by atoms with Crippen LogP contribution in [0.15, 0.2) is 61.1 Å². The maximum atomic E-state index is 12.1. The molecule has 3 rings (SSSR count). The van der Waals surface area contributed by atoms with Gasteiger partial charge in [-0.1, -0.05) is 6.07 Å². The zero-order chi connectivity index (χ0) is 19.8. The highest BCUT2D eigenvalue weighted by molar-refractivity contribution is 6.03. The fraction of sp³-hybridized carbons (Fsp3) is 0.190. The minimum Gasteiger partial charge on any atom is -0.493 e. The molecule has 0 radical (unpaired) electrons. The van der Waals surface area contributed by atoms with Crippen molar-refractivity contribution in [2.45, 2.75) is 6.42 Å². The first-order chi connectivity index (χ1) is 13.7. The van der Waals surface area contributed by atoms with Crippen LogP contribution >= 0.6 is 0 Å². The maximum absolute atomic E-state index is 12.1. The van der Waals surface area contributed by atoms with Crippen molar-refractivity contribution in [3.8, 4) is 11.5 Å². The van der Waals surface area contributed by atoms with Crippen LogP contribution in [0.25, 0.3) is 0 Å². The van der Waals surface area contributed by atoms with Gasteiger partial charge in [-0.3, -0.25) is 9.78 Å². The van der Waals surface area contributed by atoms with Gasteiger partial charge in [0, 0.05) is 18.9 Å². The molecule has 2 N–H and O–H groups in total. The number of hydrogen-bond donors (Lipinski definition) is 2. The topological polar surface area (TPSA) is 85.4 Å². The van der Waals surface area contributed by atoms with Gasteiger partial charge >= 0.3 is 0 Å². The number of benzene rings is 1. The molecule has 0 fully saturated rings. The third kappa shape index (κ3) is 4.97. The van der Waals surface area contributed by atoms with E-state index in [0.717, 1.165) is 17.8 Å². The number of amides is 1. The van der Waals surface area contributed by atoms with E-state index in [1.807, 2.05) is 24.3 Å². The van der Waals surface area contributed by atoms with Crippen molar-refractivity contribution in [3.05, 3.63) is 72.2 Å². The molecule has 0 bridgehead atoms. The van der Waals surface area contributed by atoms with Gasteiger partial charge in [0.15, 0.2) is 11.5 Å². The fourth-order valence-electron chi connectivity index (χ4n) is 2.64. The standard InChI is InChI=1S/C21H22N4O3/c1-27-18-7-5-15(12-19(18)28-2)9-11-23-20-8-6-17(14-24-20)25-21(26)16-4-3-10-22-13-16/h3-8,10,12-14H,9,11H2,1-2H3,(H,23,24)(H,25,26). The number of nitrogens with one attached hydrogen (secondary N) is 2. The van der Waals surface area contributed by atoms with E-state index in [2.05, 4.69) is 20.6 Å². The zero-order valence-corrected chi connectivity index (χ0v) is 15.8. The number of rotatable bonds is 8. The Kier molecular flexibility index (Phi) is 6.41. The molecule has 2 aromatic heterocycles. The highest BCUT2D eigenvalue weighted by Crippen LogP contribution is 2.27. The second-order valence-electron chi connectivity index (χ2n) is 5.99. The van der Waals surface area contributed by atoms with E-state index in [1.54, 1.807) is 44.8 Å². The number of carbonyl (C=O) groups is 1. The monoisotopic (exact) mass is 378 g/mol. The Morgan fingerprint density at radius 1 is 1.04 bits per heavy atom. The van der Waals surface area contributed by atoms with Gasteiger partial charge < -0.3 is 20.1 Å². The van der Waals surface area contributed by atoms with Crippen LogP contribution in [0.3, 0.4) is 0 Å². The number of pyridine rings is 2. The van der Waals surface area contributed by atoms with Crippen LogP contribution in [-0.4, -0.2) is 36.6 Å². The Labute approximate surface area is 163 Å². The van der Waals surface area contributed by atoms with Crippen molar-refractivity contribution >= 4 is 17.4 Å². The van der Waals surface area contributed by atoms with E-state index in [1.165, 1.54) is 6.20 Å². The molecule has 7 nitrogen and oxygen atoms in total. The third-order valence-corrected chi connectivity index (χ3v) is 4.11. The Balaban J connectivity index is 1.51.